The number of carboxylic acid groups (broad SMARTS) is 1. The Morgan fingerprint density at radius 2 is 1.97 bits per heavy atom. The molecule has 0 aliphatic carbocycles. The number of hydrogen-bond donors (Lipinski definition) is 2. The standard InChI is InChI=1S/C27H21ClFN3O4/c1-13-8-17(14(2)30-21-7-5-19(28)25(29)24(21)27(34)35)26-18(9-13)22(33)11-23(36-26)15-4-6-20-16(10-15)12-32(3)31-20/h4-12,14,30H,1-3H3,(H,34,35)/t14-/m1/s1. The Morgan fingerprint density at radius 1 is 1.19 bits per heavy atom. The van der Waals surface area contributed by atoms with Crippen LogP contribution in [0.25, 0.3) is 33.2 Å². The van der Waals surface area contributed by atoms with Crippen LogP contribution < -0.4 is 10.7 Å². The van der Waals surface area contributed by atoms with Crippen molar-refractivity contribution in [2.45, 2.75) is 19.9 Å². The number of benzene rings is 3. The van der Waals surface area contributed by atoms with E-state index in [-0.39, 0.29) is 16.1 Å². The van der Waals surface area contributed by atoms with Crippen LogP contribution in [-0.2, 0) is 7.05 Å². The quantitative estimate of drug-likeness (QED) is 0.290. The summed E-state index contributed by atoms with van der Waals surface area (Å²) in [6, 6.07) is 12.8. The second-order valence-electron chi connectivity index (χ2n) is 8.74. The Labute approximate surface area is 209 Å². The fraction of sp³-hybridized carbons (Fsp3) is 0.148. The Hall–Kier alpha value is -4.17. The lowest BCUT2D eigenvalue weighted by Crippen LogP contribution is -2.14. The first kappa shape index (κ1) is 23.6. The zero-order valence-electron chi connectivity index (χ0n) is 19.6. The van der Waals surface area contributed by atoms with Crippen LogP contribution in [0, 0.1) is 12.7 Å². The van der Waals surface area contributed by atoms with Crippen molar-refractivity contribution in [3.63, 3.8) is 0 Å². The summed E-state index contributed by atoms with van der Waals surface area (Å²) in [4.78, 5) is 24.8. The Balaban J connectivity index is 1.64. The molecule has 0 spiro atoms. The lowest BCUT2D eigenvalue weighted by Gasteiger charge is -2.20. The molecule has 0 unspecified atom stereocenters. The average molecular weight is 506 g/mol. The van der Waals surface area contributed by atoms with Gasteiger partial charge in [-0.1, -0.05) is 17.7 Å². The van der Waals surface area contributed by atoms with Gasteiger partial charge >= 0.3 is 5.97 Å². The topological polar surface area (TPSA) is 97.4 Å². The molecule has 0 saturated heterocycles. The van der Waals surface area contributed by atoms with Gasteiger partial charge in [0.2, 0.25) is 0 Å². The second-order valence-corrected chi connectivity index (χ2v) is 9.14. The molecule has 2 heterocycles. The minimum atomic E-state index is -1.45. The number of nitrogens with zero attached hydrogens (tertiary/aromatic N) is 2. The molecule has 5 rings (SSSR count). The molecule has 0 saturated carbocycles. The predicted octanol–water partition coefficient (Wildman–Crippen LogP) is 6.32. The highest BCUT2D eigenvalue weighted by atomic mass is 35.5. The number of carbonyl (C=O) groups is 1. The molecule has 2 aromatic heterocycles. The van der Waals surface area contributed by atoms with Gasteiger partial charge in [-0.2, -0.15) is 5.10 Å². The summed E-state index contributed by atoms with van der Waals surface area (Å²) >= 11 is 5.79. The third-order valence-corrected chi connectivity index (χ3v) is 6.34. The molecule has 5 aromatic rings. The average Bonchev–Trinajstić information content (AvgIpc) is 3.20. The van der Waals surface area contributed by atoms with Gasteiger partial charge in [0.05, 0.1) is 27.7 Å². The van der Waals surface area contributed by atoms with E-state index in [9.17, 15) is 19.1 Å². The highest BCUT2D eigenvalue weighted by Gasteiger charge is 2.22. The molecular weight excluding hydrogens is 485 g/mol. The first-order chi connectivity index (χ1) is 17.1. The molecule has 0 bridgehead atoms. The normalized spacial score (nSPS) is 12.2. The van der Waals surface area contributed by atoms with Crippen LogP contribution >= 0.6 is 11.6 Å². The smallest absolute Gasteiger partial charge is 0.340 e. The molecule has 36 heavy (non-hydrogen) atoms. The molecule has 0 radical (unpaired) electrons. The summed E-state index contributed by atoms with van der Waals surface area (Å²) in [5, 5.41) is 18.0. The summed E-state index contributed by atoms with van der Waals surface area (Å²) < 4.78 is 22.5. The monoisotopic (exact) mass is 505 g/mol. The van der Waals surface area contributed by atoms with Gasteiger partial charge < -0.3 is 14.8 Å². The lowest BCUT2D eigenvalue weighted by molar-refractivity contribution is 0.0693. The van der Waals surface area contributed by atoms with Crippen LogP contribution in [0.5, 0.6) is 0 Å². The largest absolute Gasteiger partial charge is 0.478 e. The van der Waals surface area contributed by atoms with E-state index in [2.05, 4.69) is 10.4 Å². The summed E-state index contributed by atoms with van der Waals surface area (Å²) in [5.74, 6) is -2.08. The van der Waals surface area contributed by atoms with E-state index in [1.165, 1.54) is 18.2 Å². The molecule has 7 nitrogen and oxygen atoms in total. The van der Waals surface area contributed by atoms with Gasteiger partial charge in [0.1, 0.15) is 16.9 Å². The molecule has 0 aliphatic rings. The number of rotatable bonds is 5. The van der Waals surface area contributed by atoms with Crippen molar-refractivity contribution in [2.75, 3.05) is 5.32 Å². The minimum absolute atomic E-state index is 0.0621. The van der Waals surface area contributed by atoms with Crippen LogP contribution in [0.1, 0.15) is 34.5 Å². The number of nitrogens with one attached hydrogen (secondary N) is 1. The molecule has 0 amide bonds. The first-order valence-corrected chi connectivity index (χ1v) is 11.5. The summed E-state index contributed by atoms with van der Waals surface area (Å²) in [5.41, 5.74) is 2.64. The molecule has 9 heteroatoms. The van der Waals surface area contributed by atoms with Crippen LogP contribution in [-0.4, -0.2) is 20.9 Å². The van der Waals surface area contributed by atoms with E-state index in [4.69, 9.17) is 16.0 Å². The number of halogens is 2. The minimum Gasteiger partial charge on any atom is -0.478 e. The van der Waals surface area contributed by atoms with Crippen molar-refractivity contribution in [1.82, 2.24) is 9.78 Å². The number of anilines is 1. The van der Waals surface area contributed by atoms with Crippen LogP contribution in [0.3, 0.4) is 0 Å². The van der Waals surface area contributed by atoms with Crippen molar-refractivity contribution < 1.29 is 18.7 Å². The van der Waals surface area contributed by atoms with Crippen LogP contribution in [0.2, 0.25) is 5.02 Å². The zero-order valence-corrected chi connectivity index (χ0v) is 20.4. The molecule has 0 fully saturated rings. The number of fused-ring (bicyclic) bond motifs is 2. The van der Waals surface area contributed by atoms with Gasteiger partial charge in [-0.25, -0.2) is 9.18 Å². The summed E-state index contributed by atoms with van der Waals surface area (Å²) in [7, 11) is 1.83. The van der Waals surface area contributed by atoms with Gasteiger partial charge in [-0.3, -0.25) is 9.48 Å². The van der Waals surface area contributed by atoms with Gasteiger partial charge in [-0.15, -0.1) is 0 Å². The van der Waals surface area contributed by atoms with E-state index in [1.807, 2.05) is 44.4 Å². The molecule has 3 aromatic carbocycles. The Kier molecular flexibility index (Phi) is 5.76. The molecule has 1 atom stereocenters. The van der Waals surface area contributed by atoms with E-state index >= 15 is 0 Å². The number of aromatic nitrogens is 2. The summed E-state index contributed by atoms with van der Waals surface area (Å²) in [6.45, 7) is 3.63. The first-order valence-electron chi connectivity index (χ1n) is 11.1. The number of carboxylic acids is 1. The fourth-order valence-corrected chi connectivity index (χ4v) is 4.55. The number of hydrogen-bond acceptors (Lipinski definition) is 5. The van der Waals surface area contributed by atoms with E-state index in [0.717, 1.165) is 22.0 Å². The third kappa shape index (κ3) is 4.09. The van der Waals surface area contributed by atoms with E-state index in [0.29, 0.717) is 22.3 Å². The van der Waals surface area contributed by atoms with Crippen LogP contribution in [0.15, 0.2) is 63.9 Å². The van der Waals surface area contributed by atoms with Crippen molar-refractivity contribution >= 4 is 45.1 Å². The van der Waals surface area contributed by atoms with Crippen molar-refractivity contribution in [3.05, 3.63) is 92.5 Å². The fourth-order valence-electron chi connectivity index (χ4n) is 4.39. The maximum absolute atomic E-state index is 14.5. The predicted molar refractivity (Wildman–Crippen MR) is 137 cm³/mol. The highest BCUT2D eigenvalue weighted by Crippen LogP contribution is 2.33. The van der Waals surface area contributed by atoms with Gasteiger partial charge in [0.15, 0.2) is 11.2 Å². The van der Waals surface area contributed by atoms with Gasteiger partial charge in [0.25, 0.3) is 0 Å². The van der Waals surface area contributed by atoms with Crippen LogP contribution in [0.4, 0.5) is 10.1 Å². The maximum Gasteiger partial charge on any atom is 0.340 e. The zero-order chi connectivity index (χ0) is 25.7. The molecular formula is C27H21ClFN3O4. The number of aryl methyl sites for hydroxylation is 2. The second kappa shape index (κ2) is 8.80. The maximum atomic E-state index is 14.5. The SMILES string of the molecule is Cc1cc([C@@H](C)Nc2ccc(Cl)c(F)c2C(=O)O)c2oc(-c3ccc4nn(C)cc4c3)cc(=O)c2c1. The highest BCUT2D eigenvalue weighted by molar-refractivity contribution is 6.31. The Bertz CT molecular complexity index is 1740. The van der Waals surface area contributed by atoms with Crippen molar-refractivity contribution in [3.8, 4) is 11.3 Å². The van der Waals surface area contributed by atoms with Crippen molar-refractivity contribution in [2.24, 2.45) is 7.05 Å². The Morgan fingerprint density at radius 3 is 2.72 bits per heavy atom. The lowest BCUT2D eigenvalue weighted by atomic mass is 10.00. The van der Waals surface area contributed by atoms with E-state index in [1.54, 1.807) is 17.7 Å². The summed E-state index contributed by atoms with van der Waals surface area (Å²) in [6.07, 6.45) is 1.88. The molecule has 182 valence electrons. The van der Waals surface area contributed by atoms with Gasteiger partial charge in [-0.05, 0) is 55.8 Å². The molecule has 2 N–H and O–H groups in total. The number of aromatic carboxylic acids is 1. The molecule has 0 aliphatic heterocycles. The van der Waals surface area contributed by atoms with Crippen molar-refractivity contribution in [1.29, 1.82) is 0 Å². The van der Waals surface area contributed by atoms with E-state index < -0.39 is 23.4 Å². The third-order valence-electron chi connectivity index (χ3n) is 6.05. The van der Waals surface area contributed by atoms with Gasteiger partial charge in [0, 0.05) is 35.8 Å².